The molecule has 0 amide bonds. The van der Waals surface area contributed by atoms with Crippen LogP contribution < -0.4 is 0 Å². The zero-order valence-electron chi connectivity index (χ0n) is 13.3. The van der Waals surface area contributed by atoms with E-state index in [1.165, 1.54) is 25.3 Å². The van der Waals surface area contributed by atoms with Crippen LogP contribution in [-0.4, -0.2) is 15.8 Å². The van der Waals surface area contributed by atoms with Crippen molar-refractivity contribution in [2.75, 3.05) is 0 Å². The van der Waals surface area contributed by atoms with Crippen LogP contribution in [0.2, 0.25) is 0 Å². The Morgan fingerprint density at radius 1 is 1.14 bits per heavy atom. The van der Waals surface area contributed by atoms with Crippen molar-refractivity contribution >= 4 is 5.78 Å². The Morgan fingerprint density at radius 3 is 2.10 bits per heavy atom. The van der Waals surface area contributed by atoms with Crippen LogP contribution in [0.3, 0.4) is 0 Å². The van der Waals surface area contributed by atoms with Crippen LogP contribution in [-0.2, 0) is 0 Å². The molecule has 112 valence electrons. The second-order valence-corrected chi connectivity index (χ2v) is 5.46. The van der Waals surface area contributed by atoms with Crippen molar-refractivity contribution in [3.8, 4) is 0 Å². The topological polar surface area (TPSA) is 42.9 Å². The molecule has 1 fully saturated rings. The van der Waals surface area contributed by atoms with Crippen LogP contribution in [0.5, 0.6) is 0 Å². The van der Waals surface area contributed by atoms with Crippen molar-refractivity contribution < 1.29 is 4.79 Å². The Labute approximate surface area is 127 Å². The van der Waals surface area contributed by atoms with Crippen molar-refractivity contribution in [2.45, 2.75) is 40.5 Å². The Morgan fingerprint density at radius 2 is 1.81 bits per heavy atom. The zero-order valence-corrected chi connectivity index (χ0v) is 13.3. The van der Waals surface area contributed by atoms with Crippen LogP contribution in [0.1, 0.15) is 48.3 Å². The highest BCUT2D eigenvalue weighted by atomic mass is 16.1. The third-order valence-corrected chi connectivity index (χ3v) is 2.99. The van der Waals surface area contributed by atoms with Crippen LogP contribution in [0.25, 0.3) is 0 Å². The molecule has 0 atom stereocenters. The lowest BCUT2D eigenvalue weighted by Crippen LogP contribution is -1.90. The highest BCUT2D eigenvalue weighted by molar-refractivity contribution is 5.93. The molecule has 2 heterocycles. The van der Waals surface area contributed by atoms with Gasteiger partial charge in [-0.15, -0.1) is 0 Å². The van der Waals surface area contributed by atoms with Crippen LogP contribution >= 0.6 is 0 Å². The number of carbonyl (C=O) groups excluding carboxylic acids is 1. The third kappa shape index (κ3) is 8.69. The number of hydrogen-bond donors (Lipinski definition) is 0. The maximum Gasteiger partial charge on any atom is 0.161 e. The van der Waals surface area contributed by atoms with Gasteiger partial charge in [0, 0.05) is 29.8 Å². The van der Waals surface area contributed by atoms with E-state index in [1.54, 1.807) is 24.5 Å². The van der Waals surface area contributed by atoms with Gasteiger partial charge in [0.1, 0.15) is 0 Å². The molecule has 1 saturated carbocycles. The molecule has 1 aliphatic carbocycles. The largest absolute Gasteiger partial charge is 0.294 e. The molecule has 2 aromatic rings. The molecule has 3 nitrogen and oxygen atoms in total. The number of ketones is 1. The highest BCUT2D eigenvalue weighted by Gasteiger charge is 2.12. The van der Waals surface area contributed by atoms with Crippen molar-refractivity contribution in [2.24, 2.45) is 5.92 Å². The third-order valence-electron chi connectivity index (χ3n) is 2.99. The Kier molecular flexibility index (Phi) is 7.30. The molecular formula is C18H24N2O. The molecule has 1 aliphatic rings. The van der Waals surface area contributed by atoms with E-state index in [9.17, 15) is 4.79 Å². The standard InChI is InChI=1S/C7H7NO.C7H9N.C4H8/c1-6(9)7-3-2-4-8-5-7;1-6-3-4-7(2)8-5-6;1-4-2-3-4/h2-5H,1H3;3-5H,1-2H3;4H,2-3H2,1H3. The summed E-state index contributed by atoms with van der Waals surface area (Å²) in [6.45, 7) is 7.82. The van der Waals surface area contributed by atoms with E-state index >= 15 is 0 Å². The molecule has 0 N–H and O–H groups in total. The quantitative estimate of drug-likeness (QED) is 0.729. The van der Waals surface area contributed by atoms with Gasteiger partial charge in [-0.1, -0.05) is 25.8 Å². The van der Waals surface area contributed by atoms with Crippen molar-refractivity contribution in [1.82, 2.24) is 9.97 Å². The van der Waals surface area contributed by atoms with Crippen molar-refractivity contribution in [1.29, 1.82) is 0 Å². The molecule has 0 aromatic carbocycles. The zero-order chi connectivity index (χ0) is 15.7. The summed E-state index contributed by atoms with van der Waals surface area (Å²) in [6, 6.07) is 7.56. The average molecular weight is 284 g/mol. The summed E-state index contributed by atoms with van der Waals surface area (Å²) in [5.41, 5.74) is 2.96. The number of aryl methyl sites for hydroxylation is 2. The minimum atomic E-state index is 0.0584. The number of hydrogen-bond acceptors (Lipinski definition) is 3. The summed E-state index contributed by atoms with van der Waals surface area (Å²) in [5.74, 6) is 1.14. The highest BCUT2D eigenvalue weighted by Crippen LogP contribution is 2.26. The first-order valence-corrected chi connectivity index (χ1v) is 7.29. The molecule has 0 unspecified atom stereocenters. The summed E-state index contributed by atoms with van der Waals surface area (Å²) in [6.07, 6.45) is 8.05. The first kappa shape index (κ1) is 17.0. The summed E-state index contributed by atoms with van der Waals surface area (Å²) in [4.78, 5) is 18.5. The van der Waals surface area contributed by atoms with E-state index in [2.05, 4.69) is 23.0 Å². The second-order valence-electron chi connectivity index (χ2n) is 5.46. The van der Waals surface area contributed by atoms with Crippen molar-refractivity contribution in [3.05, 3.63) is 59.7 Å². The maximum atomic E-state index is 10.6. The molecule has 0 saturated heterocycles. The van der Waals surface area contributed by atoms with E-state index < -0.39 is 0 Å². The van der Waals surface area contributed by atoms with Gasteiger partial charge in [0.05, 0.1) is 0 Å². The van der Waals surface area contributed by atoms with Gasteiger partial charge in [-0.3, -0.25) is 14.8 Å². The summed E-state index contributed by atoms with van der Waals surface area (Å²) >= 11 is 0. The first-order chi connectivity index (χ1) is 9.99. The molecule has 0 radical (unpaired) electrons. The predicted molar refractivity (Wildman–Crippen MR) is 86.4 cm³/mol. The summed E-state index contributed by atoms with van der Waals surface area (Å²) in [7, 11) is 0. The molecule has 21 heavy (non-hydrogen) atoms. The maximum absolute atomic E-state index is 10.6. The fourth-order valence-corrected chi connectivity index (χ4v) is 1.28. The van der Waals surface area contributed by atoms with Crippen molar-refractivity contribution in [3.63, 3.8) is 0 Å². The minimum absolute atomic E-state index is 0.0584. The van der Waals surface area contributed by atoms with Gasteiger partial charge in [0.25, 0.3) is 0 Å². The number of nitrogens with zero attached hydrogens (tertiary/aromatic N) is 2. The average Bonchev–Trinajstić information content (AvgIpc) is 3.27. The van der Waals surface area contributed by atoms with Gasteiger partial charge < -0.3 is 0 Å². The fraction of sp³-hybridized carbons (Fsp3) is 0.389. The fourth-order valence-electron chi connectivity index (χ4n) is 1.28. The Balaban J connectivity index is 0.000000168. The Bertz CT molecular complexity index is 510. The first-order valence-electron chi connectivity index (χ1n) is 7.29. The van der Waals surface area contributed by atoms with Gasteiger partial charge in [0.15, 0.2) is 5.78 Å². The Hall–Kier alpha value is -2.03. The van der Waals surface area contributed by atoms with Gasteiger partial charge in [0.2, 0.25) is 0 Å². The van der Waals surface area contributed by atoms with Gasteiger partial charge in [-0.05, 0) is 50.5 Å². The van der Waals surface area contributed by atoms with Gasteiger partial charge >= 0.3 is 0 Å². The predicted octanol–water partition coefficient (Wildman–Crippen LogP) is 4.40. The van der Waals surface area contributed by atoms with Gasteiger partial charge in [-0.2, -0.15) is 0 Å². The number of pyridine rings is 2. The molecule has 2 aromatic heterocycles. The second kappa shape index (κ2) is 9.01. The summed E-state index contributed by atoms with van der Waals surface area (Å²) in [5, 5.41) is 0. The van der Waals surface area contributed by atoms with E-state index in [-0.39, 0.29) is 5.78 Å². The number of Topliss-reactive ketones (excluding diaryl/α,β-unsaturated/α-hetero) is 1. The molecule has 3 rings (SSSR count). The number of aromatic nitrogens is 2. The lowest BCUT2D eigenvalue weighted by Gasteiger charge is -1.89. The lowest BCUT2D eigenvalue weighted by molar-refractivity contribution is 0.101. The minimum Gasteiger partial charge on any atom is -0.294 e. The summed E-state index contributed by atoms with van der Waals surface area (Å²) < 4.78 is 0. The SMILES string of the molecule is CC(=O)c1cccnc1.CC1CC1.Cc1ccc(C)nc1. The van der Waals surface area contributed by atoms with E-state index in [1.807, 2.05) is 26.1 Å². The number of carbonyl (C=O) groups is 1. The van der Waals surface area contributed by atoms with Gasteiger partial charge in [-0.25, -0.2) is 0 Å². The normalized spacial score (nSPS) is 12.4. The molecule has 0 spiro atoms. The van der Waals surface area contributed by atoms with Crippen LogP contribution in [0.15, 0.2) is 42.9 Å². The smallest absolute Gasteiger partial charge is 0.161 e. The van der Waals surface area contributed by atoms with Crippen LogP contribution in [0.4, 0.5) is 0 Å². The van der Waals surface area contributed by atoms with E-state index in [0.29, 0.717) is 5.56 Å². The molecule has 0 bridgehead atoms. The van der Waals surface area contributed by atoms with E-state index in [0.717, 1.165) is 11.6 Å². The van der Waals surface area contributed by atoms with Crippen LogP contribution in [0, 0.1) is 19.8 Å². The van der Waals surface area contributed by atoms with E-state index in [4.69, 9.17) is 0 Å². The lowest BCUT2D eigenvalue weighted by atomic mass is 10.2. The molecular weight excluding hydrogens is 260 g/mol. The molecule has 0 aliphatic heterocycles. The number of rotatable bonds is 1. The monoisotopic (exact) mass is 284 g/mol. The molecule has 3 heteroatoms.